The molecule has 0 radical (unpaired) electrons. The van der Waals surface area contributed by atoms with Gasteiger partial charge in [0.25, 0.3) is 0 Å². The first kappa shape index (κ1) is 16.7. The number of hydrogen-bond donors (Lipinski definition) is 1. The zero-order valence-corrected chi connectivity index (χ0v) is 13.5. The molecule has 2 nitrogen and oxygen atoms in total. The second-order valence-electron chi connectivity index (χ2n) is 4.31. The Morgan fingerprint density at radius 2 is 2.00 bits per heavy atom. The van der Waals surface area contributed by atoms with Crippen LogP contribution in [0, 0.1) is 0 Å². The maximum atomic E-state index is 11.7. The van der Waals surface area contributed by atoms with Crippen LogP contribution in [0.1, 0.15) is 32.3 Å². The van der Waals surface area contributed by atoms with E-state index in [2.05, 4.69) is 19.2 Å². The lowest BCUT2D eigenvalue weighted by Gasteiger charge is -2.14. The molecular weight excluding hydrogens is 301 g/mol. The molecule has 0 spiro atoms. The van der Waals surface area contributed by atoms with Crippen LogP contribution in [0.4, 0.5) is 0 Å². The van der Waals surface area contributed by atoms with E-state index < -0.39 is 0 Å². The number of halogens is 2. The highest BCUT2D eigenvalue weighted by Gasteiger charge is 2.09. The third-order valence-electron chi connectivity index (χ3n) is 2.86. The average Bonchev–Trinajstić information content (AvgIpc) is 2.38. The van der Waals surface area contributed by atoms with Gasteiger partial charge in [-0.2, -0.15) is 0 Å². The minimum atomic E-state index is 0.0868. The summed E-state index contributed by atoms with van der Waals surface area (Å²) < 4.78 is 0. The molecule has 1 aromatic rings. The monoisotopic (exact) mass is 319 g/mol. The highest BCUT2D eigenvalue weighted by atomic mass is 35.5. The summed E-state index contributed by atoms with van der Waals surface area (Å²) in [5.74, 6) is 1.26. The lowest BCUT2D eigenvalue weighted by Crippen LogP contribution is -2.35. The van der Waals surface area contributed by atoms with Gasteiger partial charge >= 0.3 is 0 Å². The van der Waals surface area contributed by atoms with Crippen LogP contribution in [-0.4, -0.2) is 17.7 Å². The molecule has 0 saturated heterocycles. The summed E-state index contributed by atoms with van der Waals surface area (Å²) in [5, 5.41) is 4.30. The van der Waals surface area contributed by atoms with E-state index in [1.165, 1.54) is 0 Å². The van der Waals surface area contributed by atoms with Crippen molar-refractivity contribution < 1.29 is 4.79 Å². The second kappa shape index (κ2) is 8.72. The largest absolute Gasteiger partial charge is 0.353 e. The number of carbonyl (C=O) groups is 1. The Balaban J connectivity index is 2.35. The van der Waals surface area contributed by atoms with E-state index in [0.29, 0.717) is 21.6 Å². The lowest BCUT2D eigenvalue weighted by molar-refractivity contribution is -0.119. The molecule has 106 valence electrons. The molecule has 0 unspecified atom stereocenters. The molecule has 5 heteroatoms. The SMILES string of the molecule is CCC(CC)NC(=O)CSCc1ccc(Cl)cc1Cl. The Morgan fingerprint density at radius 1 is 1.32 bits per heavy atom. The molecular formula is C14H19Cl2NOS. The zero-order chi connectivity index (χ0) is 14.3. The summed E-state index contributed by atoms with van der Waals surface area (Å²) in [6.45, 7) is 4.16. The van der Waals surface area contributed by atoms with Crippen LogP contribution in [0.15, 0.2) is 18.2 Å². The summed E-state index contributed by atoms with van der Waals surface area (Å²) in [4.78, 5) is 11.7. The number of benzene rings is 1. The highest BCUT2D eigenvalue weighted by molar-refractivity contribution is 7.99. The van der Waals surface area contributed by atoms with Crippen LogP contribution < -0.4 is 5.32 Å². The Labute approximate surface area is 129 Å². The summed E-state index contributed by atoms with van der Waals surface area (Å²) in [5.41, 5.74) is 1.01. The molecule has 0 aromatic heterocycles. The van der Waals surface area contributed by atoms with E-state index in [-0.39, 0.29) is 11.9 Å². The zero-order valence-electron chi connectivity index (χ0n) is 11.2. The van der Waals surface area contributed by atoms with Crippen molar-refractivity contribution in [2.24, 2.45) is 0 Å². The molecule has 0 aliphatic carbocycles. The Hall–Kier alpha value is -0.380. The van der Waals surface area contributed by atoms with E-state index in [4.69, 9.17) is 23.2 Å². The smallest absolute Gasteiger partial charge is 0.230 e. The molecule has 0 fully saturated rings. The average molecular weight is 320 g/mol. The second-order valence-corrected chi connectivity index (χ2v) is 6.14. The fraction of sp³-hybridized carbons (Fsp3) is 0.500. The van der Waals surface area contributed by atoms with Gasteiger partial charge in [0, 0.05) is 21.8 Å². The summed E-state index contributed by atoms with van der Waals surface area (Å²) in [7, 11) is 0. The van der Waals surface area contributed by atoms with Crippen LogP contribution in [0.25, 0.3) is 0 Å². The molecule has 0 atom stereocenters. The lowest BCUT2D eigenvalue weighted by atomic mass is 10.2. The molecule has 0 heterocycles. The number of rotatable bonds is 7. The summed E-state index contributed by atoms with van der Waals surface area (Å²) >= 11 is 13.5. The van der Waals surface area contributed by atoms with Crippen molar-refractivity contribution >= 4 is 40.9 Å². The van der Waals surface area contributed by atoms with Gasteiger partial charge in [-0.05, 0) is 30.5 Å². The number of nitrogens with one attached hydrogen (secondary N) is 1. The number of hydrogen-bond acceptors (Lipinski definition) is 2. The first-order valence-electron chi connectivity index (χ1n) is 6.37. The van der Waals surface area contributed by atoms with E-state index in [9.17, 15) is 4.79 Å². The predicted octanol–water partition coefficient (Wildman–Crippen LogP) is 4.53. The van der Waals surface area contributed by atoms with E-state index in [1.807, 2.05) is 12.1 Å². The van der Waals surface area contributed by atoms with Gasteiger partial charge in [-0.25, -0.2) is 0 Å². The van der Waals surface area contributed by atoms with Crippen molar-refractivity contribution in [3.63, 3.8) is 0 Å². The van der Waals surface area contributed by atoms with Crippen LogP contribution in [0.3, 0.4) is 0 Å². The summed E-state index contributed by atoms with van der Waals surface area (Å²) in [6, 6.07) is 5.72. The Morgan fingerprint density at radius 3 is 2.58 bits per heavy atom. The van der Waals surface area contributed by atoms with Crippen molar-refractivity contribution in [3.8, 4) is 0 Å². The Bertz CT molecular complexity index is 422. The van der Waals surface area contributed by atoms with Gasteiger partial charge in [-0.1, -0.05) is 43.1 Å². The molecule has 0 aliphatic heterocycles. The minimum Gasteiger partial charge on any atom is -0.353 e. The fourth-order valence-corrected chi connectivity index (χ4v) is 3.05. The van der Waals surface area contributed by atoms with Gasteiger partial charge in [0.1, 0.15) is 0 Å². The predicted molar refractivity (Wildman–Crippen MR) is 85.1 cm³/mol. The molecule has 1 N–H and O–H groups in total. The first-order valence-corrected chi connectivity index (χ1v) is 8.28. The van der Waals surface area contributed by atoms with Crippen molar-refractivity contribution in [1.82, 2.24) is 5.32 Å². The maximum absolute atomic E-state index is 11.7. The van der Waals surface area contributed by atoms with Gasteiger partial charge in [0.2, 0.25) is 5.91 Å². The molecule has 1 aromatic carbocycles. The van der Waals surface area contributed by atoms with E-state index in [0.717, 1.165) is 18.4 Å². The topological polar surface area (TPSA) is 29.1 Å². The molecule has 1 amide bonds. The van der Waals surface area contributed by atoms with Crippen molar-refractivity contribution in [3.05, 3.63) is 33.8 Å². The van der Waals surface area contributed by atoms with Gasteiger partial charge in [-0.15, -0.1) is 11.8 Å². The number of amides is 1. The van der Waals surface area contributed by atoms with Gasteiger partial charge < -0.3 is 5.32 Å². The third-order valence-corrected chi connectivity index (χ3v) is 4.42. The van der Waals surface area contributed by atoms with Crippen LogP contribution in [0.5, 0.6) is 0 Å². The number of carbonyl (C=O) groups excluding carboxylic acids is 1. The normalized spacial score (nSPS) is 10.8. The van der Waals surface area contributed by atoms with E-state index >= 15 is 0 Å². The van der Waals surface area contributed by atoms with E-state index in [1.54, 1.807) is 17.8 Å². The third kappa shape index (κ3) is 6.07. The fourth-order valence-electron chi connectivity index (χ4n) is 1.65. The summed E-state index contributed by atoms with van der Waals surface area (Å²) in [6.07, 6.45) is 1.94. The van der Waals surface area contributed by atoms with Gasteiger partial charge in [0.15, 0.2) is 0 Å². The molecule has 0 saturated carbocycles. The van der Waals surface area contributed by atoms with Gasteiger partial charge in [-0.3, -0.25) is 4.79 Å². The standard InChI is InChI=1S/C14H19Cl2NOS/c1-3-12(4-2)17-14(18)9-19-8-10-5-6-11(15)7-13(10)16/h5-7,12H,3-4,8-9H2,1-2H3,(H,17,18). The Kier molecular flexibility index (Phi) is 7.66. The van der Waals surface area contributed by atoms with Crippen molar-refractivity contribution in [1.29, 1.82) is 0 Å². The van der Waals surface area contributed by atoms with Crippen molar-refractivity contribution in [2.75, 3.05) is 5.75 Å². The van der Waals surface area contributed by atoms with Crippen LogP contribution in [-0.2, 0) is 10.5 Å². The minimum absolute atomic E-state index is 0.0868. The van der Waals surface area contributed by atoms with Crippen LogP contribution >= 0.6 is 35.0 Å². The molecule has 0 aliphatic rings. The maximum Gasteiger partial charge on any atom is 0.230 e. The first-order chi connectivity index (χ1) is 9.06. The van der Waals surface area contributed by atoms with Crippen molar-refractivity contribution in [2.45, 2.75) is 38.5 Å². The molecule has 19 heavy (non-hydrogen) atoms. The number of thioether (sulfide) groups is 1. The highest BCUT2D eigenvalue weighted by Crippen LogP contribution is 2.24. The van der Waals surface area contributed by atoms with Crippen LogP contribution in [0.2, 0.25) is 10.0 Å². The molecule has 1 rings (SSSR count). The molecule has 0 bridgehead atoms. The van der Waals surface area contributed by atoms with Gasteiger partial charge in [0.05, 0.1) is 5.75 Å². The quantitative estimate of drug-likeness (QED) is 0.799.